The lowest BCUT2D eigenvalue weighted by Gasteiger charge is -1.96. The molecule has 0 aromatic heterocycles. The Balaban J connectivity index is -0.000000374. The number of nitrogens with zero attached hydrogens (tertiary/aromatic N) is 5. The van der Waals surface area contributed by atoms with E-state index in [9.17, 15) is 0 Å². The van der Waals surface area contributed by atoms with E-state index in [1.165, 1.54) is 6.92 Å². The van der Waals surface area contributed by atoms with Crippen LogP contribution in [0.5, 0.6) is 0 Å². The molecular weight excluding hydrogens is 460 g/mol. The molecule has 0 aliphatic heterocycles. The number of benzene rings is 1. The molecule has 0 amide bonds. The lowest BCUT2D eigenvalue weighted by Crippen LogP contribution is -2.18. The second-order valence-electron chi connectivity index (χ2n) is 7.02. The summed E-state index contributed by atoms with van der Waals surface area (Å²) in [5, 5.41) is 53.4. The summed E-state index contributed by atoms with van der Waals surface area (Å²) in [4.78, 5) is 0. The van der Waals surface area contributed by atoms with E-state index in [4.69, 9.17) is 54.7 Å². The Morgan fingerprint density at radius 3 is 1.49 bits per heavy atom. The molecule has 1 aliphatic carbocycles. The van der Waals surface area contributed by atoms with Gasteiger partial charge in [0.1, 0.15) is 23.3 Å². The molecule has 35 heavy (non-hydrogen) atoms. The molecule has 1 aromatic carbocycles. The van der Waals surface area contributed by atoms with Crippen molar-refractivity contribution < 1.29 is 26.0 Å². The van der Waals surface area contributed by atoms with Crippen molar-refractivity contribution in [2.24, 2.45) is 66.3 Å². The van der Waals surface area contributed by atoms with Crippen LogP contribution in [0.1, 0.15) is 52.5 Å². The second-order valence-corrected chi connectivity index (χ2v) is 7.02. The first-order valence-corrected chi connectivity index (χ1v) is 10.3. The quantitative estimate of drug-likeness (QED) is 0.122. The van der Waals surface area contributed by atoms with Crippen molar-refractivity contribution in [2.45, 2.75) is 47.0 Å². The molecule has 1 aromatic rings. The van der Waals surface area contributed by atoms with Crippen LogP contribution < -0.4 is 28.7 Å². The van der Waals surface area contributed by atoms with Gasteiger partial charge in [0.2, 0.25) is 0 Å². The molecule has 0 radical (unpaired) electrons. The zero-order chi connectivity index (χ0) is 27.8. The zero-order valence-electron chi connectivity index (χ0n) is 20.5. The van der Waals surface area contributed by atoms with Crippen molar-refractivity contribution in [1.29, 1.82) is 0 Å². The van der Waals surface area contributed by atoms with E-state index in [0.717, 1.165) is 18.4 Å². The van der Waals surface area contributed by atoms with Gasteiger partial charge in [-0.05, 0) is 19.8 Å². The molecule has 1 aliphatic rings. The van der Waals surface area contributed by atoms with Crippen molar-refractivity contribution in [1.82, 2.24) is 0 Å². The maximum Gasteiger partial charge on any atom is 0.170 e. The van der Waals surface area contributed by atoms with Crippen molar-refractivity contribution in [2.75, 3.05) is 0 Å². The van der Waals surface area contributed by atoms with E-state index in [-0.39, 0.29) is 29.3 Å². The third kappa shape index (κ3) is 24.1. The first-order chi connectivity index (χ1) is 16.4. The van der Waals surface area contributed by atoms with E-state index in [0.29, 0.717) is 18.2 Å². The number of nitrogens with two attached hydrogens (primary N) is 5. The van der Waals surface area contributed by atoms with Gasteiger partial charge in [-0.15, -0.1) is 0 Å². The van der Waals surface area contributed by atoms with Gasteiger partial charge in [-0.2, -0.15) is 0 Å². The number of amidine groups is 5. The minimum absolute atomic E-state index is 0.139. The average molecular weight is 501 g/mol. The Kier molecular flexibility index (Phi) is 22.9. The molecule has 0 heterocycles. The molecule has 2 rings (SSSR count). The minimum atomic E-state index is 0.139. The lowest BCUT2D eigenvalue weighted by molar-refractivity contribution is 0.315. The first-order valence-electron chi connectivity index (χ1n) is 10.3. The molecular formula is C20H40N10O5. The molecule has 0 atom stereocenters. The molecule has 15 heteroatoms. The van der Waals surface area contributed by atoms with Crippen molar-refractivity contribution in [3.63, 3.8) is 0 Å². The summed E-state index contributed by atoms with van der Waals surface area (Å²) in [5.74, 6) is 1.80. The highest BCUT2D eigenvalue weighted by atomic mass is 16.4. The topological polar surface area (TPSA) is 293 Å². The monoisotopic (exact) mass is 500 g/mol. The van der Waals surface area contributed by atoms with Gasteiger partial charge in [-0.25, -0.2) is 0 Å². The van der Waals surface area contributed by atoms with Crippen LogP contribution in [0.25, 0.3) is 0 Å². The Hall–Kier alpha value is -4.43. The molecule has 1 fully saturated rings. The maximum absolute atomic E-state index is 8.25. The van der Waals surface area contributed by atoms with E-state index in [1.54, 1.807) is 12.1 Å². The Bertz CT molecular complexity index is 788. The first kappa shape index (κ1) is 35.2. The lowest BCUT2D eigenvalue weighted by atomic mass is 10.2. The third-order valence-corrected chi connectivity index (χ3v) is 3.64. The van der Waals surface area contributed by atoms with Crippen LogP contribution >= 0.6 is 0 Å². The predicted octanol–water partition coefficient (Wildman–Crippen LogP) is 1.21. The number of hydrogen-bond donors (Lipinski definition) is 10. The standard InChI is InChI=1S/C7H8N2O.C4H8N2O.C4H10N2O.C3H8N2O.C2H6N2O/c8-7(9-10)6-4-2-1-3-5-6;5-4(6-7)3-1-2-3;1-3(2)4(5)6-7;1-2-3(4)5-6;1-2(3)4-5/h1-5,10H,(H2,8,9);3,7H,1-2H2,(H2,5,6);3,7H,1-2H3,(H2,5,6);6H,2H2,1H3,(H2,4,5);5H,1H3,(H2,3,4). The summed E-state index contributed by atoms with van der Waals surface area (Å²) in [5.41, 5.74) is 26.1. The molecule has 200 valence electrons. The SMILES string of the molecule is CC(C)C(N)=NO.CC(N)=NO.CCC(N)=NO.NC(=NO)C1CC1.NC(=NO)c1ccccc1. The largest absolute Gasteiger partial charge is 0.409 e. The van der Waals surface area contributed by atoms with Crippen LogP contribution in [0.3, 0.4) is 0 Å². The normalized spacial score (nSPS) is 14.0. The van der Waals surface area contributed by atoms with Crippen molar-refractivity contribution in [3.05, 3.63) is 35.9 Å². The van der Waals surface area contributed by atoms with E-state index in [1.807, 2.05) is 39.0 Å². The molecule has 15 N–H and O–H groups in total. The van der Waals surface area contributed by atoms with E-state index >= 15 is 0 Å². The van der Waals surface area contributed by atoms with Crippen LogP contribution in [0, 0.1) is 11.8 Å². The van der Waals surface area contributed by atoms with Gasteiger partial charge in [0, 0.05) is 23.8 Å². The van der Waals surface area contributed by atoms with Gasteiger partial charge in [0.15, 0.2) is 5.84 Å². The number of rotatable bonds is 4. The van der Waals surface area contributed by atoms with Gasteiger partial charge in [0.25, 0.3) is 0 Å². The Morgan fingerprint density at radius 1 is 0.829 bits per heavy atom. The van der Waals surface area contributed by atoms with Crippen LogP contribution in [0.15, 0.2) is 56.1 Å². The average Bonchev–Trinajstić information content (AvgIpc) is 3.74. The highest BCUT2D eigenvalue weighted by Gasteiger charge is 2.25. The van der Waals surface area contributed by atoms with Crippen LogP contribution in [-0.4, -0.2) is 55.2 Å². The van der Waals surface area contributed by atoms with Gasteiger partial charge in [-0.3, -0.25) is 0 Å². The molecule has 15 nitrogen and oxygen atoms in total. The van der Waals surface area contributed by atoms with Gasteiger partial charge in [0.05, 0.1) is 0 Å². The van der Waals surface area contributed by atoms with E-state index in [2.05, 4.69) is 25.8 Å². The van der Waals surface area contributed by atoms with Crippen LogP contribution in [0.2, 0.25) is 0 Å². The van der Waals surface area contributed by atoms with Crippen LogP contribution in [0.4, 0.5) is 0 Å². The molecule has 1 saturated carbocycles. The summed E-state index contributed by atoms with van der Waals surface area (Å²) < 4.78 is 0. The fraction of sp³-hybridized carbons (Fsp3) is 0.450. The molecule has 0 saturated heterocycles. The molecule has 0 bridgehead atoms. The summed E-state index contributed by atoms with van der Waals surface area (Å²) in [7, 11) is 0. The predicted molar refractivity (Wildman–Crippen MR) is 136 cm³/mol. The summed E-state index contributed by atoms with van der Waals surface area (Å²) in [6.07, 6.45) is 2.79. The van der Waals surface area contributed by atoms with Crippen molar-refractivity contribution >= 4 is 29.2 Å². The minimum Gasteiger partial charge on any atom is -0.409 e. The maximum atomic E-state index is 8.25. The third-order valence-electron chi connectivity index (χ3n) is 3.64. The molecule has 0 spiro atoms. The summed E-state index contributed by atoms with van der Waals surface area (Å²) >= 11 is 0. The fourth-order valence-electron chi connectivity index (χ4n) is 1.31. The molecule has 0 unspecified atom stereocenters. The van der Waals surface area contributed by atoms with Crippen molar-refractivity contribution in [3.8, 4) is 0 Å². The zero-order valence-corrected chi connectivity index (χ0v) is 20.5. The van der Waals surface area contributed by atoms with Crippen LogP contribution in [-0.2, 0) is 0 Å². The Morgan fingerprint density at radius 2 is 1.31 bits per heavy atom. The highest BCUT2D eigenvalue weighted by Crippen LogP contribution is 2.28. The van der Waals surface area contributed by atoms with Gasteiger partial charge in [-0.1, -0.05) is 76.9 Å². The Labute approximate surface area is 204 Å². The smallest absolute Gasteiger partial charge is 0.170 e. The van der Waals surface area contributed by atoms with E-state index < -0.39 is 0 Å². The van der Waals surface area contributed by atoms with Gasteiger partial charge >= 0.3 is 0 Å². The fourth-order valence-corrected chi connectivity index (χ4v) is 1.31. The van der Waals surface area contributed by atoms with Gasteiger partial charge < -0.3 is 54.7 Å². The second kappa shape index (κ2) is 22.8. The summed E-state index contributed by atoms with van der Waals surface area (Å²) in [6.45, 7) is 7.03. The summed E-state index contributed by atoms with van der Waals surface area (Å²) in [6, 6.07) is 9.07. The number of oxime groups is 5. The number of hydrogen-bond acceptors (Lipinski definition) is 10. The highest BCUT2D eigenvalue weighted by molar-refractivity contribution is 5.96.